The van der Waals surface area contributed by atoms with Crippen LogP contribution in [0.4, 0.5) is 5.82 Å². The number of anilines is 1. The summed E-state index contributed by atoms with van der Waals surface area (Å²) in [6, 6.07) is 5.92. The van der Waals surface area contributed by atoms with E-state index < -0.39 is 11.9 Å². The Morgan fingerprint density at radius 3 is 2.77 bits per heavy atom. The molecule has 0 aliphatic rings. The third-order valence-corrected chi connectivity index (χ3v) is 3.04. The number of amides is 1. The Balaban J connectivity index is 2.33. The molecule has 2 aromatic rings. The molecular formula is C15H17N3O4. The van der Waals surface area contributed by atoms with Crippen molar-refractivity contribution < 1.29 is 19.4 Å². The summed E-state index contributed by atoms with van der Waals surface area (Å²) in [7, 11) is 1.62. The van der Waals surface area contributed by atoms with E-state index in [1.54, 1.807) is 33.0 Å². The zero-order chi connectivity index (χ0) is 16.3. The minimum Gasteiger partial charge on any atom is -0.508 e. The number of rotatable bonds is 4. The topological polar surface area (TPSA) is 93.5 Å². The molecule has 1 amide bonds. The first-order valence-corrected chi connectivity index (χ1v) is 6.75. The first-order chi connectivity index (χ1) is 10.4. The van der Waals surface area contributed by atoms with Gasteiger partial charge in [-0.2, -0.15) is 5.10 Å². The zero-order valence-corrected chi connectivity index (χ0v) is 12.6. The lowest BCUT2D eigenvalue weighted by Gasteiger charge is -2.08. The number of carbonyl (C=O) groups excluding carboxylic acids is 2. The summed E-state index contributed by atoms with van der Waals surface area (Å²) < 4.78 is 6.39. The molecule has 0 radical (unpaired) electrons. The van der Waals surface area contributed by atoms with E-state index in [9.17, 15) is 14.7 Å². The van der Waals surface area contributed by atoms with Crippen molar-refractivity contribution in [3.05, 3.63) is 41.1 Å². The summed E-state index contributed by atoms with van der Waals surface area (Å²) in [4.78, 5) is 24.2. The Kier molecular flexibility index (Phi) is 4.45. The van der Waals surface area contributed by atoms with Gasteiger partial charge in [0, 0.05) is 12.6 Å². The number of aryl methyl sites for hydroxylation is 2. The number of aromatic hydroxyl groups is 1. The van der Waals surface area contributed by atoms with Gasteiger partial charge in [0.1, 0.15) is 17.1 Å². The highest BCUT2D eigenvalue weighted by Gasteiger charge is 2.23. The highest BCUT2D eigenvalue weighted by atomic mass is 16.5. The van der Waals surface area contributed by atoms with Crippen LogP contribution >= 0.6 is 0 Å². The molecule has 0 aliphatic heterocycles. The molecule has 0 saturated carbocycles. The molecule has 1 heterocycles. The molecule has 0 aliphatic carbocycles. The molecular weight excluding hydrogens is 286 g/mol. The van der Waals surface area contributed by atoms with E-state index in [4.69, 9.17) is 4.74 Å². The van der Waals surface area contributed by atoms with Crippen molar-refractivity contribution in [2.75, 3.05) is 11.9 Å². The van der Waals surface area contributed by atoms with Crippen molar-refractivity contribution in [1.29, 1.82) is 0 Å². The molecule has 0 fully saturated rings. The van der Waals surface area contributed by atoms with Crippen LogP contribution in [0.3, 0.4) is 0 Å². The van der Waals surface area contributed by atoms with Crippen LogP contribution in [-0.4, -0.2) is 33.4 Å². The van der Waals surface area contributed by atoms with Gasteiger partial charge >= 0.3 is 5.97 Å². The number of ether oxygens (including phenoxy) is 1. The lowest BCUT2D eigenvalue weighted by Crippen LogP contribution is -2.17. The van der Waals surface area contributed by atoms with Crippen molar-refractivity contribution in [2.45, 2.75) is 13.8 Å². The first kappa shape index (κ1) is 15.6. The predicted molar refractivity (Wildman–Crippen MR) is 80.0 cm³/mol. The minimum atomic E-state index is -0.542. The number of aromatic nitrogens is 2. The molecule has 0 atom stereocenters. The number of nitrogens with one attached hydrogen (secondary N) is 1. The lowest BCUT2D eigenvalue weighted by molar-refractivity contribution is 0.0526. The molecule has 0 unspecified atom stereocenters. The van der Waals surface area contributed by atoms with Gasteiger partial charge in [0.2, 0.25) is 0 Å². The van der Waals surface area contributed by atoms with Crippen molar-refractivity contribution in [2.24, 2.45) is 7.05 Å². The fourth-order valence-electron chi connectivity index (χ4n) is 2.08. The highest BCUT2D eigenvalue weighted by molar-refractivity contribution is 6.07. The second kappa shape index (κ2) is 6.30. The van der Waals surface area contributed by atoms with Crippen molar-refractivity contribution >= 4 is 17.7 Å². The maximum absolute atomic E-state index is 12.2. The number of benzene rings is 1. The van der Waals surface area contributed by atoms with Gasteiger partial charge in [0.25, 0.3) is 5.91 Å². The van der Waals surface area contributed by atoms with Gasteiger partial charge in [-0.15, -0.1) is 0 Å². The van der Waals surface area contributed by atoms with Crippen LogP contribution in [0.15, 0.2) is 24.3 Å². The van der Waals surface area contributed by atoms with Crippen LogP contribution in [0.25, 0.3) is 0 Å². The molecule has 116 valence electrons. The number of hydrogen-bond donors (Lipinski definition) is 2. The first-order valence-electron chi connectivity index (χ1n) is 6.75. The standard InChI is InChI=1S/C15H17N3O4/c1-4-22-15(21)12-9(2)17-18(3)13(12)16-14(20)10-6-5-7-11(19)8-10/h5-8,19H,4H2,1-3H3,(H,16,20). The molecule has 7 heteroatoms. The number of phenols is 1. The Morgan fingerprint density at radius 1 is 1.41 bits per heavy atom. The average molecular weight is 303 g/mol. The van der Waals surface area contributed by atoms with E-state index in [1.807, 2.05) is 0 Å². The Bertz CT molecular complexity index is 722. The number of carbonyl (C=O) groups is 2. The maximum atomic E-state index is 12.2. The zero-order valence-electron chi connectivity index (χ0n) is 12.6. The minimum absolute atomic E-state index is 0.0144. The summed E-state index contributed by atoms with van der Waals surface area (Å²) in [5, 5.41) is 16.2. The van der Waals surface area contributed by atoms with Crippen molar-refractivity contribution in [3.8, 4) is 5.75 Å². The SMILES string of the molecule is CCOC(=O)c1c(C)nn(C)c1NC(=O)c1cccc(O)c1. The molecule has 1 aromatic heterocycles. The van der Waals surface area contributed by atoms with Gasteiger partial charge in [-0.05, 0) is 32.0 Å². The molecule has 0 spiro atoms. The quantitative estimate of drug-likeness (QED) is 0.841. The third kappa shape index (κ3) is 3.08. The van der Waals surface area contributed by atoms with Crippen LogP contribution in [0.5, 0.6) is 5.75 Å². The Labute approximate surface area is 127 Å². The summed E-state index contributed by atoms with van der Waals surface area (Å²) >= 11 is 0. The molecule has 7 nitrogen and oxygen atoms in total. The molecule has 22 heavy (non-hydrogen) atoms. The summed E-state index contributed by atoms with van der Waals surface area (Å²) in [5.41, 5.74) is 0.957. The van der Waals surface area contributed by atoms with Gasteiger partial charge in [-0.25, -0.2) is 4.79 Å². The van der Waals surface area contributed by atoms with Gasteiger partial charge < -0.3 is 15.2 Å². The average Bonchev–Trinajstić information content (AvgIpc) is 2.73. The molecule has 0 saturated heterocycles. The number of nitrogens with zero attached hydrogens (tertiary/aromatic N) is 2. The van der Waals surface area contributed by atoms with Gasteiger partial charge in [-0.1, -0.05) is 6.07 Å². The molecule has 1 aromatic carbocycles. The van der Waals surface area contributed by atoms with Crippen molar-refractivity contribution in [1.82, 2.24) is 9.78 Å². The van der Waals surface area contributed by atoms with Gasteiger partial charge in [-0.3, -0.25) is 9.48 Å². The molecule has 2 N–H and O–H groups in total. The predicted octanol–water partition coefficient (Wildman–Crippen LogP) is 1.86. The van der Waals surface area contributed by atoms with Crippen LogP contribution in [0.1, 0.15) is 33.3 Å². The number of esters is 1. The molecule has 0 bridgehead atoms. The summed E-state index contributed by atoms with van der Waals surface area (Å²) in [5.74, 6) is -0.757. The van der Waals surface area contributed by atoms with Crippen LogP contribution in [0.2, 0.25) is 0 Å². The summed E-state index contributed by atoms with van der Waals surface area (Å²) in [6.07, 6.45) is 0. The van der Waals surface area contributed by atoms with Crippen molar-refractivity contribution in [3.63, 3.8) is 0 Å². The Morgan fingerprint density at radius 2 is 2.14 bits per heavy atom. The van der Waals surface area contributed by atoms with Gasteiger partial charge in [0.05, 0.1) is 12.3 Å². The van der Waals surface area contributed by atoms with E-state index in [1.165, 1.54) is 16.8 Å². The fourth-order valence-corrected chi connectivity index (χ4v) is 2.08. The van der Waals surface area contributed by atoms with E-state index in [2.05, 4.69) is 10.4 Å². The normalized spacial score (nSPS) is 10.3. The number of hydrogen-bond acceptors (Lipinski definition) is 5. The van der Waals surface area contributed by atoms with E-state index in [-0.39, 0.29) is 29.3 Å². The van der Waals surface area contributed by atoms with E-state index in [0.29, 0.717) is 5.69 Å². The van der Waals surface area contributed by atoms with Gasteiger partial charge in [0.15, 0.2) is 0 Å². The van der Waals surface area contributed by atoms with Crippen LogP contribution in [0, 0.1) is 6.92 Å². The largest absolute Gasteiger partial charge is 0.508 e. The van der Waals surface area contributed by atoms with E-state index >= 15 is 0 Å². The molecule has 2 rings (SSSR count). The highest BCUT2D eigenvalue weighted by Crippen LogP contribution is 2.21. The maximum Gasteiger partial charge on any atom is 0.343 e. The number of phenolic OH excluding ortho intramolecular Hbond substituents is 1. The summed E-state index contributed by atoms with van der Waals surface area (Å²) in [6.45, 7) is 3.60. The second-order valence-corrected chi connectivity index (χ2v) is 4.66. The van der Waals surface area contributed by atoms with Crippen LogP contribution in [-0.2, 0) is 11.8 Å². The van der Waals surface area contributed by atoms with Crippen LogP contribution < -0.4 is 5.32 Å². The third-order valence-electron chi connectivity index (χ3n) is 3.04. The Hall–Kier alpha value is -2.83. The second-order valence-electron chi connectivity index (χ2n) is 4.66. The van der Waals surface area contributed by atoms with E-state index in [0.717, 1.165) is 0 Å². The lowest BCUT2D eigenvalue weighted by atomic mass is 10.2. The fraction of sp³-hybridized carbons (Fsp3) is 0.267. The monoisotopic (exact) mass is 303 g/mol. The smallest absolute Gasteiger partial charge is 0.343 e.